The molecule has 0 amide bonds. The van der Waals surface area contributed by atoms with Crippen molar-refractivity contribution in [3.63, 3.8) is 0 Å². The van der Waals surface area contributed by atoms with Gasteiger partial charge < -0.3 is 4.42 Å². The highest BCUT2D eigenvalue weighted by Crippen LogP contribution is 2.41. The minimum absolute atomic E-state index is 0.212. The number of allylic oxidation sites excluding steroid dienone is 1. The van der Waals surface area contributed by atoms with E-state index < -0.39 is 11.7 Å². The summed E-state index contributed by atoms with van der Waals surface area (Å²) in [5.41, 5.74) is 4.54. The molecule has 1 atom stereocenters. The predicted molar refractivity (Wildman–Crippen MR) is 153 cm³/mol. The number of alkyl halides is 3. The summed E-state index contributed by atoms with van der Waals surface area (Å²) >= 11 is 7.45. The average Bonchev–Trinajstić information content (AvgIpc) is 3.56. The molecule has 4 nitrogen and oxygen atoms in total. The SMILES string of the molecule is O=c1/c(=C/c2ccc(-c3cccc(C(F)(F)F)c3)o2)sc2n1[C@H](c1ccc(Cl)cc1)C1=C(N=2)c2ccccc2CC1. The van der Waals surface area contributed by atoms with Gasteiger partial charge in [-0.05, 0) is 65.9 Å². The van der Waals surface area contributed by atoms with Gasteiger partial charge in [0.2, 0.25) is 0 Å². The quantitative estimate of drug-likeness (QED) is 0.223. The van der Waals surface area contributed by atoms with Crippen molar-refractivity contribution in [2.45, 2.75) is 25.1 Å². The monoisotopic (exact) mass is 588 g/mol. The number of thiazole rings is 1. The van der Waals surface area contributed by atoms with Gasteiger partial charge >= 0.3 is 6.18 Å². The Bertz CT molecular complexity index is 2030. The van der Waals surface area contributed by atoms with Crippen LogP contribution in [0.15, 0.2) is 105 Å². The number of hydrogen-bond acceptors (Lipinski definition) is 4. The van der Waals surface area contributed by atoms with Gasteiger partial charge in [-0.1, -0.05) is 71.5 Å². The summed E-state index contributed by atoms with van der Waals surface area (Å²) < 4.78 is 47.6. The summed E-state index contributed by atoms with van der Waals surface area (Å²) in [7, 11) is 0. The highest BCUT2D eigenvalue weighted by Gasteiger charge is 2.33. The van der Waals surface area contributed by atoms with E-state index in [0.29, 0.717) is 25.7 Å². The van der Waals surface area contributed by atoms with Crippen LogP contribution in [0.2, 0.25) is 5.02 Å². The van der Waals surface area contributed by atoms with E-state index in [1.54, 1.807) is 28.8 Å². The highest BCUT2D eigenvalue weighted by atomic mass is 35.5. The Morgan fingerprint density at radius 1 is 0.976 bits per heavy atom. The molecule has 204 valence electrons. The highest BCUT2D eigenvalue weighted by molar-refractivity contribution is 7.07. The molecule has 0 radical (unpaired) electrons. The standard InChI is InChI=1S/C32H20ClF3N2O2S/c33-22-11-8-19(9-12-22)29-25-14-10-18-4-1-2-7-24(18)28(25)37-31-38(29)30(39)27(41-31)17-23-13-15-26(40-23)20-5-3-6-21(16-20)32(34,35)36/h1-9,11-13,15-17,29H,10,14H2/b27-17-/t29-/m1/s1. The van der Waals surface area contributed by atoms with Gasteiger partial charge in [-0.2, -0.15) is 13.2 Å². The van der Waals surface area contributed by atoms with Crippen molar-refractivity contribution >= 4 is 34.7 Å². The molecule has 3 aromatic carbocycles. The first-order valence-electron chi connectivity index (χ1n) is 12.9. The molecule has 0 spiro atoms. The molecule has 7 rings (SSSR count). The Kier molecular flexibility index (Phi) is 6.14. The van der Waals surface area contributed by atoms with Crippen LogP contribution in [0.4, 0.5) is 13.2 Å². The Morgan fingerprint density at radius 3 is 2.59 bits per heavy atom. The minimum atomic E-state index is -4.46. The van der Waals surface area contributed by atoms with Crippen LogP contribution in [0.25, 0.3) is 23.1 Å². The topological polar surface area (TPSA) is 47.5 Å². The van der Waals surface area contributed by atoms with Gasteiger partial charge in [0.1, 0.15) is 11.5 Å². The third-order valence-electron chi connectivity index (χ3n) is 7.43. The van der Waals surface area contributed by atoms with Gasteiger partial charge in [0.25, 0.3) is 5.56 Å². The van der Waals surface area contributed by atoms with Gasteiger partial charge in [-0.15, -0.1) is 0 Å². The van der Waals surface area contributed by atoms with Gasteiger partial charge in [-0.25, -0.2) is 4.99 Å². The zero-order valence-electron chi connectivity index (χ0n) is 21.3. The maximum Gasteiger partial charge on any atom is 0.416 e. The number of nitrogens with zero attached hydrogens (tertiary/aromatic N) is 2. The summed E-state index contributed by atoms with van der Waals surface area (Å²) in [5, 5.41) is 0.610. The number of hydrogen-bond donors (Lipinski definition) is 0. The van der Waals surface area contributed by atoms with Crippen LogP contribution in [-0.4, -0.2) is 4.57 Å². The van der Waals surface area contributed by atoms with Crippen molar-refractivity contribution in [2.75, 3.05) is 0 Å². The third kappa shape index (κ3) is 4.57. The lowest BCUT2D eigenvalue weighted by Gasteiger charge is -2.30. The zero-order chi connectivity index (χ0) is 28.3. The third-order valence-corrected chi connectivity index (χ3v) is 8.67. The normalized spacial score (nSPS) is 16.7. The maximum absolute atomic E-state index is 13.9. The average molecular weight is 589 g/mol. The molecule has 0 fully saturated rings. The summed E-state index contributed by atoms with van der Waals surface area (Å²) in [5.74, 6) is 0.640. The zero-order valence-corrected chi connectivity index (χ0v) is 22.9. The van der Waals surface area contributed by atoms with Crippen LogP contribution in [0, 0.1) is 0 Å². The van der Waals surface area contributed by atoms with Crippen molar-refractivity contribution in [1.29, 1.82) is 0 Å². The number of benzene rings is 3. The molecule has 1 aliphatic heterocycles. The second-order valence-electron chi connectivity index (χ2n) is 9.95. The summed E-state index contributed by atoms with van der Waals surface area (Å²) in [6.45, 7) is 0. The Morgan fingerprint density at radius 2 is 1.78 bits per heavy atom. The van der Waals surface area contributed by atoms with Crippen molar-refractivity contribution in [2.24, 2.45) is 4.99 Å². The molecule has 3 heterocycles. The predicted octanol–water partition coefficient (Wildman–Crippen LogP) is 7.25. The van der Waals surface area contributed by atoms with Crippen LogP contribution >= 0.6 is 22.9 Å². The second-order valence-corrected chi connectivity index (χ2v) is 11.4. The molecule has 0 N–H and O–H groups in total. The van der Waals surface area contributed by atoms with E-state index in [-0.39, 0.29) is 17.4 Å². The molecule has 2 aromatic heterocycles. The summed E-state index contributed by atoms with van der Waals surface area (Å²) in [4.78, 5) is 19.4. The van der Waals surface area contributed by atoms with E-state index in [2.05, 4.69) is 12.1 Å². The lowest BCUT2D eigenvalue weighted by Crippen LogP contribution is -2.38. The fraction of sp³-hybridized carbons (Fsp3) is 0.125. The molecule has 1 aliphatic carbocycles. The van der Waals surface area contributed by atoms with Crippen LogP contribution in [0.5, 0.6) is 0 Å². The number of furan rings is 1. The van der Waals surface area contributed by atoms with Crippen LogP contribution in [0.3, 0.4) is 0 Å². The van der Waals surface area contributed by atoms with E-state index >= 15 is 0 Å². The molecule has 41 heavy (non-hydrogen) atoms. The van der Waals surface area contributed by atoms with E-state index in [1.165, 1.54) is 23.0 Å². The molecule has 0 saturated carbocycles. The fourth-order valence-electron chi connectivity index (χ4n) is 5.53. The number of aromatic nitrogens is 1. The number of aryl methyl sites for hydroxylation is 1. The molecule has 5 aromatic rings. The lowest BCUT2D eigenvalue weighted by molar-refractivity contribution is -0.137. The number of rotatable bonds is 3. The van der Waals surface area contributed by atoms with Crippen molar-refractivity contribution in [3.05, 3.63) is 143 Å². The van der Waals surface area contributed by atoms with Crippen molar-refractivity contribution in [1.82, 2.24) is 4.57 Å². The first-order valence-corrected chi connectivity index (χ1v) is 14.1. The second kappa shape index (κ2) is 9.75. The Balaban J connectivity index is 1.36. The largest absolute Gasteiger partial charge is 0.457 e. The first kappa shape index (κ1) is 25.8. The van der Waals surface area contributed by atoms with E-state index in [9.17, 15) is 18.0 Å². The molecular formula is C32H20ClF3N2O2S. The maximum atomic E-state index is 13.9. The summed E-state index contributed by atoms with van der Waals surface area (Å²) in [6, 6.07) is 23.6. The van der Waals surface area contributed by atoms with Crippen LogP contribution in [-0.2, 0) is 12.6 Å². The summed E-state index contributed by atoms with van der Waals surface area (Å²) in [6.07, 6.45) is -1.22. The first-order chi connectivity index (χ1) is 19.8. The smallest absolute Gasteiger partial charge is 0.416 e. The van der Waals surface area contributed by atoms with Gasteiger partial charge in [0.15, 0.2) is 4.80 Å². The van der Waals surface area contributed by atoms with Crippen LogP contribution in [0.1, 0.15) is 40.5 Å². The number of halogens is 4. The Labute approximate surface area is 241 Å². The van der Waals surface area contributed by atoms with E-state index in [4.69, 9.17) is 21.0 Å². The van der Waals surface area contributed by atoms with Gasteiger partial charge in [0, 0.05) is 22.2 Å². The molecule has 2 aliphatic rings. The van der Waals surface area contributed by atoms with E-state index in [0.717, 1.165) is 47.4 Å². The molecule has 0 saturated heterocycles. The van der Waals surface area contributed by atoms with Crippen LogP contribution < -0.4 is 14.9 Å². The number of fused-ring (bicyclic) bond motifs is 3. The molecule has 0 bridgehead atoms. The van der Waals surface area contributed by atoms with Crippen molar-refractivity contribution < 1.29 is 17.6 Å². The lowest BCUT2D eigenvalue weighted by atomic mass is 9.83. The fourth-order valence-corrected chi connectivity index (χ4v) is 6.64. The molecule has 0 unspecified atom stereocenters. The molecule has 9 heteroatoms. The minimum Gasteiger partial charge on any atom is -0.457 e. The van der Waals surface area contributed by atoms with Gasteiger partial charge in [-0.3, -0.25) is 9.36 Å². The van der Waals surface area contributed by atoms with Crippen molar-refractivity contribution in [3.8, 4) is 11.3 Å². The Hall–Kier alpha value is -4.14. The molecular weight excluding hydrogens is 569 g/mol. The van der Waals surface area contributed by atoms with Gasteiger partial charge in [0.05, 0.1) is 21.8 Å². The van der Waals surface area contributed by atoms with E-state index in [1.807, 2.05) is 36.4 Å².